The van der Waals surface area contributed by atoms with Crippen molar-refractivity contribution in [1.82, 2.24) is 9.97 Å². The van der Waals surface area contributed by atoms with Gasteiger partial charge in [0.2, 0.25) is 0 Å². The summed E-state index contributed by atoms with van der Waals surface area (Å²) in [6.45, 7) is 1.90. The van der Waals surface area contributed by atoms with Crippen LogP contribution in [-0.4, -0.2) is 15.8 Å². The van der Waals surface area contributed by atoms with Crippen molar-refractivity contribution in [3.05, 3.63) is 68.1 Å². The summed E-state index contributed by atoms with van der Waals surface area (Å²) < 4.78 is 5.25. The molecule has 0 atom stereocenters. The minimum absolute atomic E-state index is 0.186. The minimum Gasteiger partial charge on any atom is -0.469 e. The maximum atomic E-state index is 12.5. The number of hydrogen-bond acceptors (Lipinski definition) is 4. The van der Waals surface area contributed by atoms with Crippen molar-refractivity contribution in [2.45, 2.75) is 13.3 Å². The maximum absolute atomic E-state index is 12.5. The predicted octanol–water partition coefficient (Wildman–Crippen LogP) is 1.60. The molecule has 106 valence electrons. The average Bonchev–Trinajstić information content (AvgIpc) is 2.95. The van der Waals surface area contributed by atoms with Crippen LogP contribution < -0.4 is 11.1 Å². The fourth-order valence-corrected chi connectivity index (χ4v) is 2.23. The highest BCUT2D eigenvalue weighted by Crippen LogP contribution is 2.18. The largest absolute Gasteiger partial charge is 0.469 e. The highest BCUT2D eigenvalue weighted by molar-refractivity contribution is 6.10. The van der Waals surface area contributed by atoms with E-state index in [9.17, 15) is 14.4 Å². The smallest absolute Gasteiger partial charge is 0.314 e. The maximum Gasteiger partial charge on any atom is 0.314 e. The lowest BCUT2D eigenvalue weighted by molar-refractivity contribution is 0.103. The number of ketones is 1. The SMILES string of the molecule is CCc1occc1C(=O)c1ccc2[nH]c(=O)c(=O)[nH]c2c1. The van der Waals surface area contributed by atoms with Crippen LogP contribution in [0, 0.1) is 0 Å². The van der Waals surface area contributed by atoms with Crippen LogP contribution in [0.25, 0.3) is 11.0 Å². The van der Waals surface area contributed by atoms with Crippen LogP contribution in [0.2, 0.25) is 0 Å². The Morgan fingerprint density at radius 3 is 2.52 bits per heavy atom. The molecule has 2 N–H and O–H groups in total. The van der Waals surface area contributed by atoms with E-state index in [0.29, 0.717) is 34.3 Å². The number of aromatic nitrogens is 2. The number of hydrogen-bond donors (Lipinski definition) is 2. The second-order valence-corrected chi connectivity index (χ2v) is 4.61. The van der Waals surface area contributed by atoms with Gasteiger partial charge >= 0.3 is 11.1 Å². The molecule has 0 fully saturated rings. The van der Waals surface area contributed by atoms with Gasteiger partial charge in [-0.3, -0.25) is 14.4 Å². The van der Waals surface area contributed by atoms with E-state index in [-0.39, 0.29) is 5.78 Å². The van der Waals surface area contributed by atoms with Gasteiger partial charge < -0.3 is 14.4 Å². The molecule has 0 amide bonds. The number of H-pyrrole nitrogens is 2. The molecule has 0 aliphatic carbocycles. The molecule has 0 aliphatic rings. The van der Waals surface area contributed by atoms with Crippen molar-refractivity contribution < 1.29 is 9.21 Å². The number of nitrogens with one attached hydrogen (secondary N) is 2. The van der Waals surface area contributed by atoms with Crippen LogP contribution in [0.1, 0.15) is 28.6 Å². The van der Waals surface area contributed by atoms with Gasteiger partial charge in [0, 0.05) is 12.0 Å². The van der Waals surface area contributed by atoms with Gasteiger partial charge in [0.05, 0.1) is 22.9 Å². The van der Waals surface area contributed by atoms with Crippen molar-refractivity contribution >= 4 is 16.8 Å². The summed E-state index contributed by atoms with van der Waals surface area (Å²) in [5, 5.41) is 0. The van der Waals surface area contributed by atoms with Gasteiger partial charge in [-0.15, -0.1) is 0 Å². The number of benzene rings is 1. The number of aromatic amines is 2. The Bertz CT molecular complexity index is 946. The van der Waals surface area contributed by atoms with Crippen LogP contribution >= 0.6 is 0 Å². The second kappa shape index (κ2) is 4.90. The van der Waals surface area contributed by atoms with Crippen LogP contribution in [0.5, 0.6) is 0 Å². The first-order chi connectivity index (χ1) is 10.1. The molecular weight excluding hydrogens is 272 g/mol. The van der Waals surface area contributed by atoms with Crippen LogP contribution in [0.4, 0.5) is 0 Å². The zero-order chi connectivity index (χ0) is 15.0. The first-order valence-corrected chi connectivity index (χ1v) is 6.47. The Hall–Kier alpha value is -2.89. The monoisotopic (exact) mass is 284 g/mol. The van der Waals surface area contributed by atoms with E-state index in [1.54, 1.807) is 24.3 Å². The number of rotatable bonds is 3. The van der Waals surface area contributed by atoms with Crippen molar-refractivity contribution in [3.8, 4) is 0 Å². The highest BCUT2D eigenvalue weighted by atomic mass is 16.3. The van der Waals surface area contributed by atoms with Crippen molar-refractivity contribution in [2.75, 3.05) is 0 Å². The van der Waals surface area contributed by atoms with Gasteiger partial charge in [-0.2, -0.15) is 0 Å². The highest BCUT2D eigenvalue weighted by Gasteiger charge is 2.16. The molecule has 0 aliphatic heterocycles. The lowest BCUT2D eigenvalue weighted by Gasteiger charge is -2.03. The molecule has 0 saturated carbocycles. The van der Waals surface area contributed by atoms with Gasteiger partial charge in [0.25, 0.3) is 0 Å². The molecule has 2 aromatic heterocycles. The Kier molecular flexibility index (Phi) is 3.06. The molecule has 2 heterocycles. The van der Waals surface area contributed by atoms with E-state index in [0.717, 1.165) is 0 Å². The van der Waals surface area contributed by atoms with Gasteiger partial charge in [-0.1, -0.05) is 6.92 Å². The first-order valence-electron chi connectivity index (χ1n) is 6.47. The van der Waals surface area contributed by atoms with Gasteiger partial charge in [-0.25, -0.2) is 0 Å². The fourth-order valence-electron chi connectivity index (χ4n) is 2.23. The molecule has 0 radical (unpaired) electrons. The molecule has 0 spiro atoms. The van der Waals surface area contributed by atoms with E-state index >= 15 is 0 Å². The Morgan fingerprint density at radius 2 is 1.81 bits per heavy atom. The summed E-state index contributed by atoms with van der Waals surface area (Å²) in [5.74, 6) is 0.435. The van der Waals surface area contributed by atoms with Crippen LogP contribution in [-0.2, 0) is 6.42 Å². The van der Waals surface area contributed by atoms with Crippen LogP contribution in [0.15, 0.2) is 44.5 Å². The summed E-state index contributed by atoms with van der Waals surface area (Å²) in [6, 6.07) is 6.36. The zero-order valence-electron chi connectivity index (χ0n) is 11.2. The standard InChI is InChI=1S/C15H12N2O4/c1-2-12-9(5-6-21-12)13(18)8-3-4-10-11(7-8)17-15(20)14(19)16-10/h3-7H,2H2,1H3,(H,16,19)(H,17,20). The van der Waals surface area contributed by atoms with Gasteiger partial charge in [0.1, 0.15) is 5.76 Å². The average molecular weight is 284 g/mol. The summed E-state index contributed by atoms with van der Waals surface area (Å²) in [4.78, 5) is 40.0. The molecule has 0 bridgehead atoms. The Labute approximate surface area is 118 Å². The number of furan rings is 1. The summed E-state index contributed by atoms with van der Waals surface area (Å²) >= 11 is 0. The molecule has 21 heavy (non-hydrogen) atoms. The summed E-state index contributed by atoms with van der Waals surface area (Å²) in [5.41, 5.74) is 0.338. The topological polar surface area (TPSA) is 95.9 Å². The number of aryl methyl sites for hydroxylation is 1. The second-order valence-electron chi connectivity index (χ2n) is 4.61. The van der Waals surface area contributed by atoms with Crippen molar-refractivity contribution in [1.29, 1.82) is 0 Å². The molecule has 6 nitrogen and oxygen atoms in total. The normalized spacial score (nSPS) is 10.9. The van der Waals surface area contributed by atoms with Crippen molar-refractivity contribution in [3.63, 3.8) is 0 Å². The number of fused-ring (bicyclic) bond motifs is 1. The molecule has 6 heteroatoms. The van der Waals surface area contributed by atoms with E-state index < -0.39 is 11.1 Å². The molecule has 0 unspecified atom stereocenters. The molecular formula is C15H12N2O4. The third-order valence-corrected chi connectivity index (χ3v) is 3.30. The van der Waals surface area contributed by atoms with E-state index in [1.807, 2.05) is 6.92 Å². The molecule has 3 aromatic rings. The van der Waals surface area contributed by atoms with Gasteiger partial charge in [-0.05, 0) is 24.3 Å². The summed E-state index contributed by atoms with van der Waals surface area (Å²) in [7, 11) is 0. The van der Waals surface area contributed by atoms with E-state index in [2.05, 4.69) is 9.97 Å². The quantitative estimate of drug-likeness (QED) is 0.564. The van der Waals surface area contributed by atoms with E-state index in [4.69, 9.17) is 4.42 Å². The summed E-state index contributed by atoms with van der Waals surface area (Å²) in [6.07, 6.45) is 2.10. The molecule has 0 saturated heterocycles. The van der Waals surface area contributed by atoms with Crippen LogP contribution in [0.3, 0.4) is 0 Å². The Morgan fingerprint density at radius 1 is 1.10 bits per heavy atom. The van der Waals surface area contributed by atoms with E-state index in [1.165, 1.54) is 6.26 Å². The lowest BCUT2D eigenvalue weighted by atomic mass is 10.0. The third kappa shape index (κ3) is 2.20. The predicted molar refractivity (Wildman–Crippen MR) is 76.7 cm³/mol. The number of carbonyl (C=O) groups excluding carboxylic acids is 1. The minimum atomic E-state index is -0.746. The molecule has 3 rings (SSSR count). The zero-order valence-corrected chi connectivity index (χ0v) is 11.2. The fraction of sp³-hybridized carbons (Fsp3) is 0.133. The van der Waals surface area contributed by atoms with Gasteiger partial charge in [0.15, 0.2) is 5.78 Å². The third-order valence-electron chi connectivity index (χ3n) is 3.30. The number of carbonyl (C=O) groups is 1. The first kappa shape index (κ1) is 13.1. The Balaban J connectivity index is 2.13. The molecule has 1 aromatic carbocycles. The van der Waals surface area contributed by atoms with Crippen molar-refractivity contribution in [2.24, 2.45) is 0 Å². The lowest BCUT2D eigenvalue weighted by Crippen LogP contribution is -2.28.